The molecule has 0 fully saturated rings. The minimum Gasteiger partial charge on any atom is -0.326 e. The number of hydrogen-bond donors (Lipinski definition) is 1. The van der Waals surface area contributed by atoms with Gasteiger partial charge in [-0.2, -0.15) is 0 Å². The van der Waals surface area contributed by atoms with E-state index in [4.69, 9.17) is 5.73 Å². The third-order valence-electron chi connectivity index (χ3n) is 1.83. The van der Waals surface area contributed by atoms with Gasteiger partial charge in [0.2, 0.25) is 0 Å². The zero-order chi connectivity index (χ0) is 8.43. The van der Waals surface area contributed by atoms with E-state index in [1.807, 2.05) is 0 Å². The van der Waals surface area contributed by atoms with Crippen molar-refractivity contribution in [3.63, 3.8) is 0 Å². The summed E-state index contributed by atoms with van der Waals surface area (Å²) < 4.78 is 1.20. The minimum absolute atomic E-state index is 0.647. The first-order chi connectivity index (χ1) is 5.20. The van der Waals surface area contributed by atoms with Gasteiger partial charge in [0.1, 0.15) is 0 Å². The van der Waals surface area contributed by atoms with E-state index >= 15 is 0 Å². The van der Waals surface area contributed by atoms with Gasteiger partial charge in [0.25, 0.3) is 0 Å². The van der Waals surface area contributed by atoms with E-state index in [0.29, 0.717) is 6.54 Å². The maximum absolute atomic E-state index is 5.62. The minimum atomic E-state index is 0.647. The van der Waals surface area contributed by atoms with Crippen LogP contribution < -0.4 is 5.73 Å². The van der Waals surface area contributed by atoms with Crippen LogP contribution in [0.2, 0.25) is 0 Å². The molecule has 2 N–H and O–H groups in total. The molecule has 3 heteroatoms. The Bertz CT molecular complexity index is 230. The van der Waals surface area contributed by atoms with Gasteiger partial charge in [-0.25, -0.2) is 0 Å². The highest BCUT2D eigenvalue weighted by molar-refractivity contribution is 9.11. The smallest absolute Gasteiger partial charge is 0.0748 e. The highest BCUT2D eigenvalue weighted by Crippen LogP contribution is 2.32. The summed E-state index contributed by atoms with van der Waals surface area (Å²) in [5.41, 5.74) is 8.32. The molecule has 1 rings (SSSR count). The van der Waals surface area contributed by atoms with Crippen molar-refractivity contribution in [2.45, 2.75) is 26.8 Å². The van der Waals surface area contributed by atoms with Crippen LogP contribution in [-0.2, 0) is 13.0 Å². The first kappa shape index (κ1) is 9.23. The van der Waals surface area contributed by atoms with Gasteiger partial charge in [-0.3, -0.25) is 0 Å². The summed E-state index contributed by atoms with van der Waals surface area (Å²) in [7, 11) is 0. The molecule has 0 aromatic carbocycles. The largest absolute Gasteiger partial charge is 0.326 e. The average Bonchev–Trinajstić information content (AvgIpc) is 2.24. The molecule has 0 aliphatic carbocycles. The molecule has 0 aliphatic heterocycles. The van der Waals surface area contributed by atoms with E-state index in [1.54, 1.807) is 11.3 Å². The molecule has 1 aromatic rings. The van der Waals surface area contributed by atoms with Crippen LogP contribution in [0.4, 0.5) is 0 Å². The number of aryl methyl sites for hydroxylation is 1. The van der Waals surface area contributed by atoms with Crippen molar-refractivity contribution >= 4 is 27.3 Å². The van der Waals surface area contributed by atoms with Gasteiger partial charge in [0.05, 0.1) is 3.79 Å². The SMILES string of the molecule is CCc1c(C)sc(Br)c1CN. The first-order valence-corrected chi connectivity index (χ1v) is 5.28. The maximum Gasteiger partial charge on any atom is 0.0748 e. The molecular weight excluding hydrogens is 222 g/mol. The first-order valence-electron chi connectivity index (χ1n) is 3.67. The summed E-state index contributed by atoms with van der Waals surface area (Å²) in [4.78, 5) is 1.39. The molecule has 0 radical (unpaired) electrons. The predicted molar refractivity (Wildman–Crippen MR) is 54.0 cm³/mol. The average molecular weight is 234 g/mol. The quantitative estimate of drug-likeness (QED) is 0.836. The summed E-state index contributed by atoms with van der Waals surface area (Å²) in [5.74, 6) is 0. The van der Waals surface area contributed by atoms with Crippen molar-refractivity contribution in [1.82, 2.24) is 0 Å². The summed E-state index contributed by atoms with van der Waals surface area (Å²) in [6, 6.07) is 0. The van der Waals surface area contributed by atoms with E-state index in [9.17, 15) is 0 Å². The number of thiophene rings is 1. The molecule has 0 saturated heterocycles. The van der Waals surface area contributed by atoms with E-state index in [2.05, 4.69) is 29.8 Å². The third-order valence-corrected chi connectivity index (χ3v) is 3.77. The molecule has 62 valence electrons. The molecule has 0 amide bonds. The van der Waals surface area contributed by atoms with Gasteiger partial charge < -0.3 is 5.73 Å². The van der Waals surface area contributed by atoms with Crippen LogP contribution in [0.1, 0.15) is 22.9 Å². The highest BCUT2D eigenvalue weighted by atomic mass is 79.9. The fourth-order valence-corrected chi connectivity index (χ4v) is 3.37. The summed E-state index contributed by atoms with van der Waals surface area (Å²) in [6.45, 7) is 4.96. The van der Waals surface area contributed by atoms with E-state index in [-0.39, 0.29) is 0 Å². The van der Waals surface area contributed by atoms with Gasteiger partial charge in [0, 0.05) is 11.4 Å². The van der Waals surface area contributed by atoms with Crippen molar-refractivity contribution in [3.05, 3.63) is 19.8 Å². The Hall–Kier alpha value is 0.140. The molecule has 0 unspecified atom stereocenters. The van der Waals surface area contributed by atoms with Crippen LogP contribution in [0, 0.1) is 6.92 Å². The number of rotatable bonds is 2. The van der Waals surface area contributed by atoms with E-state index in [0.717, 1.165) is 6.42 Å². The van der Waals surface area contributed by atoms with Crippen LogP contribution in [0.5, 0.6) is 0 Å². The Kier molecular flexibility index (Phi) is 3.10. The Balaban J connectivity index is 3.17. The van der Waals surface area contributed by atoms with E-state index in [1.165, 1.54) is 19.8 Å². The van der Waals surface area contributed by atoms with Gasteiger partial charge in [-0.1, -0.05) is 6.92 Å². The number of halogens is 1. The lowest BCUT2D eigenvalue weighted by Crippen LogP contribution is -1.98. The zero-order valence-corrected chi connectivity index (χ0v) is 9.18. The summed E-state index contributed by atoms with van der Waals surface area (Å²) in [5, 5.41) is 0. The molecule has 1 nitrogen and oxygen atoms in total. The monoisotopic (exact) mass is 233 g/mol. The van der Waals surface area contributed by atoms with Gasteiger partial charge in [0.15, 0.2) is 0 Å². The molecule has 0 spiro atoms. The standard InChI is InChI=1S/C8H12BrNS/c1-3-6-5(2)11-8(9)7(6)4-10/h3-4,10H2,1-2H3. The second-order valence-electron chi connectivity index (χ2n) is 2.45. The topological polar surface area (TPSA) is 26.0 Å². The second kappa shape index (κ2) is 3.70. The van der Waals surface area contributed by atoms with Crippen LogP contribution in [0.3, 0.4) is 0 Å². The Morgan fingerprint density at radius 2 is 2.09 bits per heavy atom. The summed E-state index contributed by atoms with van der Waals surface area (Å²) in [6.07, 6.45) is 1.08. The van der Waals surface area contributed by atoms with Crippen molar-refractivity contribution in [2.75, 3.05) is 0 Å². The molecule has 0 bridgehead atoms. The van der Waals surface area contributed by atoms with Crippen LogP contribution in [0.15, 0.2) is 3.79 Å². The van der Waals surface area contributed by atoms with Crippen molar-refractivity contribution in [1.29, 1.82) is 0 Å². The van der Waals surface area contributed by atoms with Crippen molar-refractivity contribution in [3.8, 4) is 0 Å². The lowest BCUT2D eigenvalue weighted by molar-refractivity contribution is 1.00. The maximum atomic E-state index is 5.62. The highest BCUT2D eigenvalue weighted by Gasteiger charge is 2.09. The molecule has 0 aliphatic rings. The fraction of sp³-hybridized carbons (Fsp3) is 0.500. The Labute approximate surface area is 79.7 Å². The van der Waals surface area contributed by atoms with E-state index < -0.39 is 0 Å². The van der Waals surface area contributed by atoms with Crippen LogP contribution >= 0.6 is 27.3 Å². The van der Waals surface area contributed by atoms with Crippen molar-refractivity contribution in [2.24, 2.45) is 5.73 Å². The van der Waals surface area contributed by atoms with Crippen LogP contribution in [0.25, 0.3) is 0 Å². The fourth-order valence-electron chi connectivity index (χ4n) is 1.25. The molecular formula is C8H12BrNS. The molecule has 0 atom stereocenters. The summed E-state index contributed by atoms with van der Waals surface area (Å²) >= 11 is 5.29. The number of nitrogens with two attached hydrogens (primary N) is 1. The lowest BCUT2D eigenvalue weighted by atomic mass is 10.1. The van der Waals surface area contributed by atoms with Gasteiger partial charge in [-0.15, -0.1) is 11.3 Å². The zero-order valence-electron chi connectivity index (χ0n) is 6.78. The van der Waals surface area contributed by atoms with Crippen molar-refractivity contribution < 1.29 is 0 Å². The Morgan fingerprint density at radius 1 is 1.45 bits per heavy atom. The molecule has 11 heavy (non-hydrogen) atoms. The normalized spacial score (nSPS) is 10.5. The Morgan fingerprint density at radius 3 is 2.45 bits per heavy atom. The number of hydrogen-bond acceptors (Lipinski definition) is 2. The predicted octanol–water partition coefficient (Wildman–Crippen LogP) is 2.84. The van der Waals surface area contributed by atoms with Gasteiger partial charge >= 0.3 is 0 Å². The molecule has 0 saturated carbocycles. The molecule has 1 aromatic heterocycles. The lowest BCUT2D eigenvalue weighted by Gasteiger charge is -1.98. The third kappa shape index (κ3) is 1.66. The van der Waals surface area contributed by atoms with Gasteiger partial charge in [-0.05, 0) is 40.4 Å². The second-order valence-corrected chi connectivity index (χ2v) is 4.99. The molecule has 1 heterocycles. The van der Waals surface area contributed by atoms with Crippen LogP contribution in [-0.4, -0.2) is 0 Å².